The molecule has 5 nitrogen and oxygen atoms in total. The number of primary amides is 1. The Morgan fingerprint density at radius 1 is 1.47 bits per heavy atom. The first-order chi connectivity index (χ1) is 8.17. The van der Waals surface area contributed by atoms with Crippen LogP contribution >= 0.6 is 0 Å². The molecular formula is C12H14N2O3. The number of benzene rings is 1. The lowest BCUT2D eigenvalue weighted by Crippen LogP contribution is -2.12. The average Bonchev–Trinajstić information content (AvgIpc) is 2.34. The van der Waals surface area contributed by atoms with E-state index in [1.165, 1.54) is 7.11 Å². The van der Waals surface area contributed by atoms with Gasteiger partial charge < -0.3 is 15.2 Å². The molecule has 0 aliphatic carbocycles. The number of rotatable bonds is 6. The van der Waals surface area contributed by atoms with Crippen LogP contribution in [-0.2, 0) is 4.79 Å². The molecule has 0 aliphatic heterocycles. The molecule has 0 bridgehead atoms. The topological polar surface area (TPSA) is 85.3 Å². The normalized spacial score (nSPS) is 9.41. The highest BCUT2D eigenvalue weighted by Crippen LogP contribution is 2.27. The first-order valence-corrected chi connectivity index (χ1v) is 5.16. The van der Waals surface area contributed by atoms with Gasteiger partial charge in [0.2, 0.25) is 5.91 Å². The van der Waals surface area contributed by atoms with Gasteiger partial charge in [-0.3, -0.25) is 4.79 Å². The van der Waals surface area contributed by atoms with Crippen molar-refractivity contribution >= 4 is 5.91 Å². The van der Waals surface area contributed by atoms with Crippen molar-refractivity contribution in [1.29, 1.82) is 5.26 Å². The van der Waals surface area contributed by atoms with Gasteiger partial charge >= 0.3 is 0 Å². The summed E-state index contributed by atoms with van der Waals surface area (Å²) < 4.78 is 10.5. The summed E-state index contributed by atoms with van der Waals surface area (Å²) in [5, 5.41) is 8.73. The molecular weight excluding hydrogens is 220 g/mol. The van der Waals surface area contributed by atoms with Gasteiger partial charge in [0.05, 0.1) is 25.3 Å². The number of hydrogen-bond acceptors (Lipinski definition) is 4. The van der Waals surface area contributed by atoms with E-state index in [1.807, 2.05) is 6.07 Å². The Kier molecular flexibility index (Phi) is 4.82. The summed E-state index contributed by atoms with van der Waals surface area (Å²) in [5.41, 5.74) is 5.52. The zero-order valence-electron chi connectivity index (χ0n) is 9.60. The smallest absolute Gasteiger partial charge is 0.217 e. The van der Waals surface area contributed by atoms with Crippen molar-refractivity contribution in [1.82, 2.24) is 0 Å². The molecule has 90 valence electrons. The van der Waals surface area contributed by atoms with Crippen molar-refractivity contribution in [3.05, 3.63) is 23.8 Å². The van der Waals surface area contributed by atoms with Gasteiger partial charge in [-0.2, -0.15) is 5.26 Å². The van der Waals surface area contributed by atoms with Crippen LogP contribution in [0.5, 0.6) is 11.5 Å². The van der Waals surface area contributed by atoms with Gasteiger partial charge in [-0.05, 0) is 18.6 Å². The number of hydrogen-bond donors (Lipinski definition) is 1. The molecule has 1 aromatic rings. The van der Waals surface area contributed by atoms with Crippen molar-refractivity contribution < 1.29 is 14.3 Å². The largest absolute Gasteiger partial charge is 0.493 e. The van der Waals surface area contributed by atoms with Crippen LogP contribution in [-0.4, -0.2) is 19.6 Å². The van der Waals surface area contributed by atoms with E-state index in [1.54, 1.807) is 18.2 Å². The van der Waals surface area contributed by atoms with E-state index in [-0.39, 0.29) is 5.91 Å². The standard InChI is InChI=1S/C12H14N2O3/c1-16-11-7-9(8-13)4-5-10(11)17-6-2-3-12(14)15/h4-5,7H,2-3,6H2,1H3,(H2,14,15). The SMILES string of the molecule is COc1cc(C#N)ccc1OCCCC(N)=O. The fourth-order valence-corrected chi connectivity index (χ4v) is 1.28. The fraction of sp³-hybridized carbons (Fsp3) is 0.333. The molecule has 0 saturated carbocycles. The Morgan fingerprint density at radius 3 is 2.82 bits per heavy atom. The predicted molar refractivity (Wildman–Crippen MR) is 61.6 cm³/mol. The van der Waals surface area contributed by atoms with E-state index in [9.17, 15) is 4.79 Å². The van der Waals surface area contributed by atoms with Crippen molar-refractivity contribution in [3.63, 3.8) is 0 Å². The first kappa shape index (κ1) is 12.8. The van der Waals surface area contributed by atoms with Gasteiger partial charge in [0.15, 0.2) is 11.5 Å². The summed E-state index contributed by atoms with van der Waals surface area (Å²) in [4.78, 5) is 10.5. The van der Waals surface area contributed by atoms with E-state index in [0.29, 0.717) is 36.5 Å². The molecule has 0 radical (unpaired) electrons. The van der Waals surface area contributed by atoms with Crippen molar-refractivity contribution in [2.24, 2.45) is 5.73 Å². The Bertz CT molecular complexity index is 438. The third-order valence-corrected chi connectivity index (χ3v) is 2.12. The fourth-order valence-electron chi connectivity index (χ4n) is 1.28. The summed E-state index contributed by atoms with van der Waals surface area (Å²) in [6.07, 6.45) is 0.844. The maximum Gasteiger partial charge on any atom is 0.217 e. The third-order valence-electron chi connectivity index (χ3n) is 2.12. The highest BCUT2D eigenvalue weighted by atomic mass is 16.5. The molecule has 0 aliphatic rings. The van der Waals surface area contributed by atoms with E-state index >= 15 is 0 Å². The predicted octanol–water partition coefficient (Wildman–Crippen LogP) is 1.21. The molecule has 5 heteroatoms. The van der Waals surface area contributed by atoms with Crippen LogP contribution in [0.1, 0.15) is 18.4 Å². The number of amides is 1. The number of nitriles is 1. The molecule has 1 rings (SSSR count). The van der Waals surface area contributed by atoms with E-state index in [4.69, 9.17) is 20.5 Å². The lowest BCUT2D eigenvalue weighted by atomic mass is 10.2. The maximum atomic E-state index is 10.5. The molecule has 17 heavy (non-hydrogen) atoms. The minimum atomic E-state index is -0.347. The second kappa shape index (κ2) is 6.38. The summed E-state index contributed by atoms with van der Waals surface area (Å²) in [5.74, 6) is 0.708. The summed E-state index contributed by atoms with van der Waals surface area (Å²) in [6, 6.07) is 6.93. The Balaban J connectivity index is 2.59. The van der Waals surface area contributed by atoms with Gasteiger partial charge in [0.1, 0.15) is 0 Å². The second-order valence-corrected chi connectivity index (χ2v) is 3.40. The number of nitrogens with zero attached hydrogens (tertiary/aromatic N) is 1. The molecule has 0 saturated heterocycles. The van der Waals surface area contributed by atoms with E-state index in [2.05, 4.69) is 0 Å². The van der Waals surface area contributed by atoms with Crippen LogP contribution in [0.2, 0.25) is 0 Å². The molecule has 1 amide bonds. The van der Waals surface area contributed by atoms with Gasteiger partial charge in [0.25, 0.3) is 0 Å². The van der Waals surface area contributed by atoms with Gasteiger partial charge in [-0.25, -0.2) is 0 Å². The molecule has 0 fully saturated rings. The molecule has 0 aromatic heterocycles. The zero-order chi connectivity index (χ0) is 12.7. The zero-order valence-corrected chi connectivity index (χ0v) is 9.60. The quantitative estimate of drug-likeness (QED) is 0.749. The van der Waals surface area contributed by atoms with Crippen LogP contribution < -0.4 is 15.2 Å². The number of nitrogens with two attached hydrogens (primary N) is 1. The molecule has 2 N–H and O–H groups in total. The lowest BCUT2D eigenvalue weighted by molar-refractivity contribution is -0.118. The van der Waals surface area contributed by atoms with Crippen LogP contribution in [0, 0.1) is 11.3 Å². The van der Waals surface area contributed by atoms with Crippen molar-refractivity contribution in [2.45, 2.75) is 12.8 Å². The third kappa shape index (κ3) is 4.03. The molecule has 0 atom stereocenters. The second-order valence-electron chi connectivity index (χ2n) is 3.40. The van der Waals surface area contributed by atoms with Crippen LogP contribution in [0.4, 0.5) is 0 Å². The maximum absolute atomic E-state index is 10.5. The molecule has 0 heterocycles. The highest BCUT2D eigenvalue weighted by Gasteiger charge is 2.05. The van der Waals surface area contributed by atoms with Gasteiger partial charge in [-0.15, -0.1) is 0 Å². The Hall–Kier alpha value is -2.22. The van der Waals surface area contributed by atoms with Crippen LogP contribution in [0.3, 0.4) is 0 Å². The summed E-state index contributed by atoms with van der Waals surface area (Å²) in [7, 11) is 1.51. The molecule has 1 aromatic carbocycles. The summed E-state index contributed by atoms with van der Waals surface area (Å²) in [6.45, 7) is 0.380. The van der Waals surface area contributed by atoms with Crippen molar-refractivity contribution in [3.8, 4) is 17.6 Å². The van der Waals surface area contributed by atoms with Crippen LogP contribution in [0.25, 0.3) is 0 Å². The Morgan fingerprint density at radius 2 is 2.24 bits per heavy atom. The summed E-state index contributed by atoms with van der Waals surface area (Å²) >= 11 is 0. The van der Waals surface area contributed by atoms with Gasteiger partial charge in [0, 0.05) is 12.5 Å². The van der Waals surface area contributed by atoms with E-state index in [0.717, 1.165) is 0 Å². The highest BCUT2D eigenvalue weighted by molar-refractivity contribution is 5.73. The minimum absolute atomic E-state index is 0.290. The average molecular weight is 234 g/mol. The minimum Gasteiger partial charge on any atom is -0.493 e. The van der Waals surface area contributed by atoms with E-state index < -0.39 is 0 Å². The van der Waals surface area contributed by atoms with Crippen molar-refractivity contribution in [2.75, 3.05) is 13.7 Å². The van der Waals surface area contributed by atoms with Gasteiger partial charge in [-0.1, -0.05) is 0 Å². The molecule has 0 unspecified atom stereocenters. The number of ether oxygens (including phenoxy) is 2. The first-order valence-electron chi connectivity index (χ1n) is 5.16. The van der Waals surface area contributed by atoms with Crippen LogP contribution in [0.15, 0.2) is 18.2 Å². The molecule has 0 spiro atoms. The number of methoxy groups -OCH3 is 1. The number of carbonyl (C=O) groups is 1. The Labute approximate surface area is 99.7 Å². The number of carbonyl (C=O) groups excluding carboxylic acids is 1. The monoisotopic (exact) mass is 234 g/mol. The lowest BCUT2D eigenvalue weighted by Gasteiger charge is -2.10.